The lowest BCUT2D eigenvalue weighted by molar-refractivity contribution is 0.307. The fraction of sp³-hybridized carbons (Fsp3) is 1.00. The van der Waals surface area contributed by atoms with Gasteiger partial charge in [0.25, 0.3) is 0 Å². The highest BCUT2D eigenvalue weighted by Crippen LogP contribution is 2.25. The molecule has 1 fully saturated rings. The van der Waals surface area contributed by atoms with E-state index in [2.05, 4.69) is 13.8 Å². The van der Waals surface area contributed by atoms with Gasteiger partial charge in [-0.2, -0.15) is 0 Å². The van der Waals surface area contributed by atoms with Crippen LogP contribution >= 0.6 is 12.4 Å². The highest BCUT2D eigenvalue weighted by atomic mass is 35.5. The van der Waals surface area contributed by atoms with Crippen LogP contribution < -0.4 is 5.73 Å². The van der Waals surface area contributed by atoms with Gasteiger partial charge in [0.2, 0.25) is 0 Å². The van der Waals surface area contributed by atoms with E-state index in [4.69, 9.17) is 5.73 Å². The second-order valence-corrected chi connectivity index (χ2v) is 4.37. The Morgan fingerprint density at radius 3 is 2.07 bits per heavy atom. The molecule has 1 aliphatic carbocycles. The largest absolute Gasteiger partial charge is 0.328 e. The summed E-state index contributed by atoms with van der Waals surface area (Å²) in [6.07, 6.45) is 6.60. The molecule has 0 aromatic heterocycles. The average Bonchev–Trinajstić information content (AvgIpc) is 1.83. The van der Waals surface area contributed by atoms with E-state index in [9.17, 15) is 0 Å². The molecular weight excluding hydrogens is 194 g/mol. The van der Waals surface area contributed by atoms with Gasteiger partial charge in [-0.1, -0.05) is 41.5 Å². The lowest BCUT2D eigenvalue weighted by Crippen LogP contribution is -2.25. The molecule has 1 aliphatic rings. The Balaban J connectivity index is -0.000000403. The minimum absolute atomic E-state index is 0. The normalized spacial score (nSPS) is 32.4. The molecule has 0 saturated heterocycles. The summed E-state index contributed by atoms with van der Waals surface area (Å²) in [6, 6.07) is 0.484. The predicted octanol–water partition coefficient (Wildman–Crippen LogP) is 4.24. The monoisotopic (exact) mass is 223 g/mol. The molecule has 2 N–H and O–H groups in total. The molecule has 3 unspecified atom stereocenters. The predicted molar refractivity (Wildman–Crippen MR) is 70.1 cm³/mol. The van der Waals surface area contributed by atoms with Crippen molar-refractivity contribution in [1.29, 1.82) is 0 Å². The van der Waals surface area contributed by atoms with Crippen molar-refractivity contribution in [3.63, 3.8) is 0 Å². The molecule has 0 aromatic rings. The van der Waals surface area contributed by atoms with Gasteiger partial charge >= 0.3 is 0 Å². The van der Waals surface area contributed by atoms with Gasteiger partial charge in [0.1, 0.15) is 0 Å². The first kappa shape index (κ1) is 19.8. The maximum absolute atomic E-state index is 5.94. The minimum atomic E-state index is 0. The zero-order chi connectivity index (χ0) is 8.27. The molecule has 1 nitrogen and oxygen atoms in total. The van der Waals surface area contributed by atoms with E-state index in [1.807, 2.05) is 0 Å². The van der Waals surface area contributed by atoms with Gasteiger partial charge in [-0.3, -0.25) is 0 Å². The fourth-order valence-electron chi connectivity index (χ4n) is 2.26. The quantitative estimate of drug-likeness (QED) is 0.653. The van der Waals surface area contributed by atoms with Crippen LogP contribution in [0.1, 0.15) is 60.8 Å². The van der Waals surface area contributed by atoms with E-state index in [-0.39, 0.29) is 27.3 Å². The standard InChI is InChI=1S/C10H21N.2CH4.ClH/c1-8-4-3-5-10(11)7-9(2)6-8;;;/h8-10H,3-7,11H2,1-2H3;2*1H4;1H. The molecule has 0 bridgehead atoms. The topological polar surface area (TPSA) is 26.0 Å². The molecule has 0 heterocycles. The Labute approximate surface area is 97.3 Å². The number of rotatable bonds is 0. The van der Waals surface area contributed by atoms with E-state index in [0.29, 0.717) is 6.04 Å². The first-order valence-electron chi connectivity index (χ1n) is 4.94. The summed E-state index contributed by atoms with van der Waals surface area (Å²) in [4.78, 5) is 0. The van der Waals surface area contributed by atoms with Crippen molar-refractivity contribution >= 4 is 12.4 Å². The van der Waals surface area contributed by atoms with Crippen molar-refractivity contribution in [2.45, 2.75) is 66.8 Å². The van der Waals surface area contributed by atoms with Crippen LogP contribution in [0.25, 0.3) is 0 Å². The molecule has 0 aromatic carbocycles. The molecule has 0 radical (unpaired) electrons. The molecule has 3 atom stereocenters. The summed E-state index contributed by atoms with van der Waals surface area (Å²) in [6.45, 7) is 4.70. The van der Waals surface area contributed by atoms with Gasteiger partial charge in [-0.05, 0) is 31.1 Å². The molecule has 0 spiro atoms. The molecule has 14 heavy (non-hydrogen) atoms. The first-order chi connectivity index (χ1) is 5.18. The van der Waals surface area contributed by atoms with Crippen molar-refractivity contribution < 1.29 is 0 Å². The minimum Gasteiger partial charge on any atom is -0.328 e. The van der Waals surface area contributed by atoms with Crippen LogP contribution in [0, 0.1) is 11.8 Å². The first-order valence-corrected chi connectivity index (χ1v) is 4.94. The highest BCUT2D eigenvalue weighted by molar-refractivity contribution is 5.85. The zero-order valence-electron chi connectivity index (χ0n) is 8.25. The number of hydrogen-bond acceptors (Lipinski definition) is 1. The Kier molecular flexibility index (Phi) is 13.8. The van der Waals surface area contributed by atoms with Crippen molar-refractivity contribution in [3.05, 3.63) is 0 Å². The third-order valence-electron chi connectivity index (χ3n) is 2.78. The van der Waals surface area contributed by atoms with Crippen LogP contribution in [0.5, 0.6) is 0 Å². The SMILES string of the molecule is C.C.CC1CCCC(N)CC(C)C1.Cl. The maximum atomic E-state index is 5.94. The van der Waals surface area contributed by atoms with Crippen molar-refractivity contribution in [2.24, 2.45) is 17.6 Å². The molecule has 2 heteroatoms. The van der Waals surface area contributed by atoms with E-state index in [1.165, 1.54) is 32.1 Å². The highest BCUT2D eigenvalue weighted by Gasteiger charge is 2.16. The van der Waals surface area contributed by atoms with E-state index in [0.717, 1.165) is 11.8 Å². The van der Waals surface area contributed by atoms with Crippen LogP contribution in [-0.4, -0.2) is 6.04 Å². The Morgan fingerprint density at radius 1 is 0.929 bits per heavy atom. The Hall–Kier alpha value is 0.250. The van der Waals surface area contributed by atoms with Gasteiger partial charge < -0.3 is 5.73 Å². The summed E-state index contributed by atoms with van der Waals surface area (Å²) in [5.41, 5.74) is 5.94. The number of nitrogens with two attached hydrogens (primary N) is 1. The van der Waals surface area contributed by atoms with Crippen LogP contribution in [0.2, 0.25) is 0 Å². The lowest BCUT2D eigenvalue weighted by atomic mass is 9.84. The Bertz CT molecular complexity index is 105. The summed E-state index contributed by atoms with van der Waals surface area (Å²) < 4.78 is 0. The number of halogens is 1. The third kappa shape index (κ3) is 7.64. The van der Waals surface area contributed by atoms with Crippen molar-refractivity contribution in [1.82, 2.24) is 0 Å². The molecule has 1 rings (SSSR count). The van der Waals surface area contributed by atoms with Crippen LogP contribution in [0.15, 0.2) is 0 Å². The summed E-state index contributed by atoms with van der Waals surface area (Å²) >= 11 is 0. The van der Waals surface area contributed by atoms with Crippen LogP contribution in [-0.2, 0) is 0 Å². The lowest BCUT2D eigenvalue weighted by Gasteiger charge is -2.24. The summed E-state index contributed by atoms with van der Waals surface area (Å²) in [5, 5.41) is 0. The van der Waals surface area contributed by atoms with Gasteiger partial charge in [0.05, 0.1) is 0 Å². The van der Waals surface area contributed by atoms with Crippen LogP contribution in [0.3, 0.4) is 0 Å². The second kappa shape index (κ2) is 9.79. The molecule has 1 saturated carbocycles. The molecule has 0 aliphatic heterocycles. The summed E-state index contributed by atoms with van der Waals surface area (Å²) in [5.74, 6) is 1.78. The van der Waals surface area contributed by atoms with E-state index < -0.39 is 0 Å². The maximum Gasteiger partial charge on any atom is 0.00413 e. The number of hydrogen-bond donors (Lipinski definition) is 1. The smallest absolute Gasteiger partial charge is 0.00413 e. The molecule has 90 valence electrons. The van der Waals surface area contributed by atoms with E-state index in [1.54, 1.807) is 0 Å². The van der Waals surface area contributed by atoms with Gasteiger partial charge in [0, 0.05) is 6.04 Å². The van der Waals surface area contributed by atoms with Crippen molar-refractivity contribution in [3.8, 4) is 0 Å². The molecular formula is C12H30ClN. The molecule has 0 amide bonds. The summed E-state index contributed by atoms with van der Waals surface area (Å²) in [7, 11) is 0. The Morgan fingerprint density at radius 2 is 1.50 bits per heavy atom. The van der Waals surface area contributed by atoms with E-state index >= 15 is 0 Å². The van der Waals surface area contributed by atoms with Crippen molar-refractivity contribution in [2.75, 3.05) is 0 Å². The van der Waals surface area contributed by atoms with Crippen LogP contribution in [0.4, 0.5) is 0 Å². The van der Waals surface area contributed by atoms with Gasteiger partial charge in [-0.15, -0.1) is 12.4 Å². The fourth-order valence-corrected chi connectivity index (χ4v) is 2.26. The zero-order valence-corrected chi connectivity index (χ0v) is 9.07. The van der Waals surface area contributed by atoms with Gasteiger partial charge in [-0.25, -0.2) is 0 Å². The average molecular weight is 224 g/mol. The second-order valence-electron chi connectivity index (χ2n) is 4.37. The van der Waals surface area contributed by atoms with Gasteiger partial charge in [0.15, 0.2) is 0 Å². The third-order valence-corrected chi connectivity index (χ3v) is 2.78.